The summed E-state index contributed by atoms with van der Waals surface area (Å²) >= 11 is 0. The summed E-state index contributed by atoms with van der Waals surface area (Å²) in [5, 5.41) is 3.42. The highest BCUT2D eigenvalue weighted by Gasteiger charge is 2.36. The van der Waals surface area contributed by atoms with E-state index in [1.807, 2.05) is 6.92 Å². The van der Waals surface area contributed by atoms with E-state index in [1.165, 1.54) is 24.9 Å². The number of nitrogens with one attached hydrogen (secondary N) is 1. The van der Waals surface area contributed by atoms with Crippen molar-refractivity contribution in [2.75, 3.05) is 46.8 Å². The van der Waals surface area contributed by atoms with Gasteiger partial charge in [0, 0.05) is 46.3 Å². The van der Waals surface area contributed by atoms with Crippen LogP contribution in [-0.2, 0) is 11.3 Å². The number of piperidine rings is 2. The highest BCUT2D eigenvalue weighted by molar-refractivity contribution is 5.85. The van der Waals surface area contributed by atoms with Gasteiger partial charge in [-0.2, -0.15) is 0 Å². The molecule has 2 saturated heterocycles. The second-order valence-corrected chi connectivity index (χ2v) is 8.90. The number of hydrogen-bond donors (Lipinski definition) is 1. The van der Waals surface area contributed by atoms with Crippen molar-refractivity contribution in [2.24, 2.45) is 10.9 Å². The average molecular weight is 412 g/mol. The molecule has 2 unspecified atom stereocenters. The number of rotatable bonds is 6. The van der Waals surface area contributed by atoms with Crippen LogP contribution in [0.5, 0.6) is 0 Å². The average Bonchev–Trinajstić information content (AvgIpc) is 2.74. The van der Waals surface area contributed by atoms with Gasteiger partial charge in [-0.15, -0.1) is 0 Å². The van der Waals surface area contributed by atoms with E-state index in [2.05, 4.69) is 57.0 Å². The van der Waals surface area contributed by atoms with Crippen molar-refractivity contribution in [3.05, 3.63) is 48.0 Å². The first-order valence-corrected chi connectivity index (χ1v) is 11.1. The Morgan fingerprint density at radius 3 is 2.70 bits per heavy atom. The molecule has 0 aromatic heterocycles. The molecular weight excluding hydrogens is 374 g/mol. The summed E-state index contributed by atoms with van der Waals surface area (Å²) in [7, 11) is 3.54. The predicted octanol–water partition coefficient (Wildman–Crippen LogP) is 2.58. The van der Waals surface area contributed by atoms with Gasteiger partial charge in [0.05, 0.1) is 0 Å². The molecule has 0 bridgehead atoms. The van der Waals surface area contributed by atoms with Crippen molar-refractivity contribution in [1.82, 2.24) is 20.0 Å². The molecular formula is C24H37N5O. The summed E-state index contributed by atoms with van der Waals surface area (Å²) in [5.41, 5.74) is 2.45. The van der Waals surface area contributed by atoms with Gasteiger partial charge in [-0.05, 0) is 44.2 Å². The van der Waals surface area contributed by atoms with Crippen LogP contribution in [0.4, 0.5) is 0 Å². The first-order chi connectivity index (χ1) is 14.4. The van der Waals surface area contributed by atoms with Gasteiger partial charge in [-0.25, -0.2) is 4.99 Å². The largest absolute Gasteiger partial charge is 0.353 e. The molecule has 1 amide bonds. The van der Waals surface area contributed by atoms with Crippen LogP contribution in [0.25, 0.3) is 0 Å². The molecule has 1 N–H and O–H groups in total. The molecule has 0 spiro atoms. The third-order valence-electron chi connectivity index (χ3n) is 6.12. The second kappa shape index (κ2) is 10.6. The topological polar surface area (TPSA) is 51.2 Å². The molecule has 2 atom stereocenters. The third kappa shape index (κ3) is 6.08. The zero-order valence-electron chi connectivity index (χ0n) is 18.8. The minimum atomic E-state index is 0.0196. The molecule has 0 aliphatic carbocycles. The standard InChI is InChI=1S/C24H37N5O/c1-19(2)15-25-24(26-16-23(30)27(3)4)29-14-12-22-21(18-29)11-8-13-28(22)17-20-9-6-5-7-10-20/h5-7,9-10,21-22H,1,8,11-18H2,2-4H3,(H,25,26). The first-order valence-electron chi connectivity index (χ1n) is 11.1. The molecule has 2 aliphatic rings. The number of likely N-dealkylation sites (tertiary alicyclic amines) is 2. The van der Waals surface area contributed by atoms with Crippen molar-refractivity contribution >= 4 is 11.9 Å². The predicted molar refractivity (Wildman–Crippen MR) is 123 cm³/mol. The van der Waals surface area contributed by atoms with Crippen LogP contribution < -0.4 is 5.32 Å². The van der Waals surface area contributed by atoms with Crippen molar-refractivity contribution in [3.8, 4) is 0 Å². The van der Waals surface area contributed by atoms with E-state index in [4.69, 9.17) is 0 Å². The summed E-state index contributed by atoms with van der Waals surface area (Å²) in [6, 6.07) is 11.4. The van der Waals surface area contributed by atoms with Gasteiger partial charge < -0.3 is 15.1 Å². The highest BCUT2D eigenvalue weighted by atomic mass is 16.2. The summed E-state index contributed by atoms with van der Waals surface area (Å²) in [6.45, 7) is 11.0. The van der Waals surface area contributed by atoms with E-state index in [9.17, 15) is 4.79 Å². The summed E-state index contributed by atoms with van der Waals surface area (Å²) in [6.07, 6.45) is 3.64. The fourth-order valence-electron chi connectivity index (χ4n) is 4.49. The number of amides is 1. The smallest absolute Gasteiger partial charge is 0.243 e. The minimum absolute atomic E-state index is 0.0196. The van der Waals surface area contributed by atoms with Gasteiger partial charge in [-0.3, -0.25) is 9.69 Å². The number of carbonyl (C=O) groups excluding carboxylic acids is 1. The lowest BCUT2D eigenvalue weighted by Crippen LogP contribution is -2.56. The Bertz CT molecular complexity index is 745. The van der Waals surface area contributed by atoms with Gasteiger partial charge in [0.15, 0.2) is 5.96 Å². The Hall–Kier alpha value is -2.34. The number of likely N-dealkylation sites (N-methyl/N-ethyl adjacent to an activating group) is 1. The molecule has 30 heavy (non-hydrogen) atoms. The number of hydrogen-bond acceptors (Lipinski definition) is 3. The quantitative estimate of drug-likeness (QED) is 0.444. The summed E-state index contributed by atoms with van der Waals surface area (Å²) in [5.74, 6) is 1.50. The van der Waals surface area contributed by atoms with E-state index in [1.54, 1.807) is 19.0 Å². The number of benzene rings is 1. The van der Waals surface area contributed by atoms with Crippen LogP contribution >= 0.6 is 0 Å². The third-order valence-corrected chi connectivity index (χ3v) is 6.12. The molecule has 6 nitrogen and oxygen atoms in total. The van der Waals surface area contributed by atoms with Crippen LogP contribution in [0.3, 0.4) is 0 Å². The van der Waals surface area contributed by atoms with Gasteiger partial charge >= 0.3 is 0 Å². The summed E-state index contributed by atoms with van der Waals surface area (Å²) in [4.78, 5) is 23.3. The Morgan fingerprint density at radius 2 is 2.00 bits per heavy atom. The molecule has 6 heteroatoms. The number of carbonyl (C=O) groups is 1. The van der Waals surface area contributed by atoms with Crippen LogP contribution in [0.2, 0.25) is 0 Å². The lowest BCUT2D eigenvalue weighted by molar-refractivity contribution is -0.127. The van der Waals surface area contributed by atoms with Gasteiger partial charge in [-0.1, -0.05) is 42.5 Å². The minimum Gasteiger partial charge on any atom is -0.353 e. The number of nitrogens with zero attached hydrogens (tertiary/aromatic N) is 4. The lowest BCUT2D eigenvalue weighted by atomic mass is 9.83. The van der Waals surface area contributed by atoms with E-state index in [0.717, 1.165) is 37.6 Å². The highest BCUT2D eigenvalue weighted by Crippen LogP contribution is 2.31. The Balaban J connectivity index is 1.66. The van der Waals surface area contributed by atoms with Crippen molar-refractivity contribution in [3.63, 3.8) is 0 Å². The van der Waals surface area contributed by atoms with E-state index in [0.29, 0.717) is 18.5 Å². The van der Waals surface area contributed by atoms with E-state index < -0.39 is 0 Å². The number of guanidine groups is 1. The van der Waals surface area contributed by atoms with Crippen LogP contribution in [-0.4, -0.2) is 79.4 Å². The maximum atomic E-state index is 12.1. The normalized spacial score (nSPS) is 22.4. The zero-order chi connectivity index (χ0) is 21.5. The molecule has 0 saturated carbocycles. The monoisotopic (exact) mass is 411 g/mol. The molecule has 3 rings (SSSR count). The van der Waals surface area contributed by atoms with Crippen molar-refractivity contribution in [1.29, 1.82) is 0 Å². The zero-order valence-corrected chi connectivity index (χ0v) is 18.8. The number of fused-ring (bicyclic) bond motifs is 1. The summed E-state index contributed by atoms with van der Waals surface area (Å²) < 4.78 is 0. The van der Waals surface area contributed by atoms with Crippen LogP contribution in [0.15, 0.2) is 47.5 Å². The molecule has 1 aromatic carbocycles. The van der Waals surface area contributed by atoms with Crippen molar-refractivity contribution < 1.29 is 4.79 Å². The molecule has 1 aromatic rings. The number of aliphatic imine (C=N–C) groups is 1. The van der Waals surface area contributed by atoms with Crippen LogP contribution in [0.1, 0.15) is 31.7 Å². The Kier molecular flexibility index (Phi) is 7.91. The molecule has 2 aliphatic heterocycles. The van der Waals surface area contributed by atoms with Crippen LogP contribution in [0, 0.1) is 5.92 Å². The SMILES string of the molecule is C=C(C)CNC(=NCC(=O)N(C)C)N1CCC2C(CCCN2Cc2ccccc2)C1. The molecule has 164 valence electrons. The second-order valence-electron chi connectivity index (χ2n) is 8.90. The van der Waals surface area contributed by atoms with E-state index in [-0.39, 0.29) is 12.5 Å². The lowest BCUT2D eigenvalue weighted by Gasteiger charge is -2.48. The Labute approximate surface area is 181 Å². The fourth-order valence-corrected chi connectivity index (χ4v) is 4.49. The van der Waals surface area contributed by atoms with Crippen molar-refractivity contribution in [2.45, 2.75) is 38.8 Å². The maximum Gasteiger partial charge on any atom is 0.243 e. The molecule has 0 radical (unpaired) electrons. The van der Waals surface area contributed by atoms with Gasteiger partial charge in [0.25, 0.3) is 0 Å². The first kappa shape index (κ1) is 22.3. The van der Waals surface area contributed by atoms with Gasteiger partial charge in [0.1, 0.15) is 6.54 Å². The molecule has 2 heterocycles. The fraction of sp³-hybridized carbons (Fsp3) is 0.583. The maximum absolute atomic E-state index is 12.1. The van der Waals surface area contributed by atoms with Gasteiger partial charge in [0.2, 0.25) is 5.91 Å². The Morgan fingerprint density at radius 1 is 1.23 bits per heavy atom. The van der Waals surface area contributed by atoms with E-state index >= 15 is 0 Å². The molecule has 2 fully saturated rings.